The molecular formula is C29H33IN4O8. The SMILES string of the molecule is C=CCOc1c(I)cc(/C=N/NC(=O)COc2ccc([C@@H]3NC(=O)NC(C)=C3C(=O)OCC)cc2OC)cc1OCC. The number of amides is 3. The van der Waals surface area contributed by atoms with E-state index in [1.165, 1.54) is 13.3 Å². The summed E-state index contributed by atoms with van der Waals surface area (Å²) in [6.07, 6.45) is 3.13. The minimum Gasteiger partial charge on any atom is -0.493 e. The number of allylic oxidation sites excluding steroid dienone is 1. The van der Waals surface area contributed by atoms with Crippen molar-refractivity contribution in [3.8, 4) is 23.0 Å². The zero-order valence-electron chi connectivity index (χ0n) is 23.7. The van der Waals surface area contributed by atoms with Crippen LogP contribution in [0.1, 0.15) is 37.9 Å². The summed E-state index contributed by atoms with van der Waals surface area (Å²) in [5.74, 6) is 0.695. The molecule has 0 saturated carbocycles. The van der Waals surface area contributed by atoms with Gasteiger partial charge in [-0.15, -0.1) is 0 Å². The molecule has 0 saturated heterocycles. The van der Waals surface area contributed by atoms with Gasteiger partial charge in [0, 0.05) is 5.70 Å². The van der Waals surface area contributed by atoms with E-state index in [1.807, 2.05) is 13.0 Å². The molecule has 13 heteroatoms. The van der Waals surface area contributed by atoms with Gasteiger partial charge in [-0.3, -0.25) is 4.79 Å². The number of hydrazone groups is 1. The Kier molecular flexibility index (Phi) is 12.0. The van der Waals surface area contributed by atoms with E-state index < -0.39 is 23.9 Å². The molecule has 0 bridgehead atoms. The van der Waals surface area contributed by atoms with Gasteiger partial charge in [-0.05, 0) is 78.8 Å². The minimum absolute atomic E-state index is 0.184. The Labute approximate surface area is 257 Å². The third kappa shape index (κ3) is 8.38. The number of carbonyl (C=O) groups excluding carboxylic acids is 3. The largest absolute Gasteiger partial charge is 0.493 e. The zero-order chi connectivity index (χ0) is 30.6. The number of urea groups is 1. The van der Waals surface area contributed by atoms with Crippen LogP contribution in [0.25, 0.3) is 0 Å². The molecular weight excluding hydrogens is 659 g/mol. The van der Waals surface area contributed by atoms with Gasteiger partial charge in [0.2, 0.25) is 0 Å². The predicted molar refractivity (Wildman–Crippen MR) is 164 cm³/mol. The molecule has 2 aromatic carbocycles. The maximum atomic E-state index is 12.6. The Morgan fingerprint density at radius 1 is 1.10 bits per heavy atom. The lowest BCUT2D eigenvalue weighted by Gasteiger charge is -2.28. The van der Waals surface area contributed by atoms with Crippen LogP contribution in [0.2, 0.25) is 0 Å². The summed E-state index contributed by atoms with van der Waals surface area (Å²) < 4.78 is 28.5. The standard InChI is InChI=1S/C29H33IN4O8/c1-6-11-41-27-20(30)12-18(13-23(27)39-7-2)15-31-34-24(35)16-42-21-10-9-19(14-22(21)38-5)26-25(28(36)40-8-3)17(4)32-29(37)33-26/h6,9-10,12-15,26H,1,7-8,11,16H2,2-5H3,(H,34,35)(H2,32,33,37)/b31-15+/t26-/m0/s1. The van der Waals surface area contributed by atoms with Gasteiger partial charge in [-0.1, -0.05) is 18.7 Å². The Morgan fingerprint density at radius 3 is 2.57 bits per heavy atom. The van der Waals surface area contributed by atoms with E-state index >= 15 is 0 Å². The zero-order valence-corrected chi connectivity index (χ0v) is 25.9. The smallest absolute Gasteiger partial charge is 0.338 e. The molecule has 3 N–H and O–H groups in total. The number of benzene rings is 2. The number of rotatable bonds is 14. The molecule has 1 aliphatic heterocycles. The number of hydrogen-bond donors (Lipinski definition) is 3. The molecule has 0 aromatic heterocycles. The van der Waals surface area contributed by atoms with Crippen LogP contribution in [-0.4, -0.2) is 57.7 Å². The number of hydrogen-bond acceptors (Lipinski definition) is 9. The van der Waals surface area contributed by atoms with Crippen LogP contribution in [0.3, 0.4) is 0 Å². The molecule has 224 valence electrons. The molecule has 0 radical (unpaired) electrons. The average molecular weight is 693 g/mol. The molecule has 42 heavy (non-hydrogen) atoms. The van der Waals surface area contributed by atoms with Crippen molar-refractivity contribution >= 4 is 46.7 Å². The third-order valence-electron chi connectivity index (χ3n) is 5.72. The molecule has 2 aromatic rings. The Hall–Kier alpha value is -4.27. The van der Waals surface area contributed by atoms with Crippen molar-refractivity contribution in [2.45, 2.75) is 26.8 Å². The summed E-state index contributed by atoms with van der Waals surface area (Å²) in [5, 5.41) is 9.34. The topological polar surface area (TPSA) is 146 Å². The van der Waals surface area contributed by atoms with Crippen LogP contribution in [0.5, 0.6) is 23.0 Å². The maximum absolute atomic E-state index is 12.6. The number of carbonyl (C=O) groups is 3. The Morgan fingerprint density at radius 2 is 1.88 bits per heavy atom. The van der Waals surface area contributed by atoms with Crippen molar-refractivity contribution in [2.75, 3.05) is 33.5 Å². The summed E-state index contributed by atoms with van der Waals surface area (Å²) in [6.45, 7) is 9.49. The number of esters is 1. The van der Waals surface area contributed by atoms with E-state index in [9.17, 15) is 14.4 Å². The number of methoxy groups -OCH3 is 1. The van der Waals surface area contributed by atoms with Crippen molar-refractivity contribution < 1.29 is 38.1 Å². The molecule has 3 rings (SSSR count). The van der Waals surface area contributed by atoms with Crippen LogP contribution in [0.4, 0.5) is 4.79 Å². The van der Waals surface area contributed by atoms with Crippen LogP contribution < -0.4 is 35.0 Å². The molecule has 0 unspecified atom stereocenters. The first-order valence-electron chi connectivity index (χ1n) is 13.0. The van der Waals surface area contributed by atoms with Crippen LogP contribution >= 0.6 is 22.6 Å². The van der Waals surface area contributed by atoms with Crippen LogP contribution in [0, 0.1) is 3.57 Å². The summed E-state index contributed by atoms with van der Waals surface area (Å²) in [6, 6.07) is 7.25. The first-order chi connectivity index (χ1) is 20.2. The summed E-state index contributed by atoms with van der Waals surface area (Å²) in [7, 11) is 1.44. The monoisotopic (exact) mass is 692 g/mol. The molecule has 1 atom stereocenters. The molecule has 0 spiro atoms. The lowest BCUT2D eigenvalue weighted by molar-refractivity contribution is -0.139. The highest BCUT2D eigenvalue weighted by Crippen LogP contribution is 2.35. The van der Waals surface area contributed by atoms with Crippen LogP contribution in [-0.2, 0) is 14.3 Å². The average Bonchev–Trinajstić information content (AvgIpc) is 2.95. The molecule has 1 aliphatic rings. The van der Waals surface area contributed by atoms with E-state index in [2.05, 4.69) is 50.3 Å². The summed E-state index contributed by atoms with van der Waals surface area (Å²) >= 11 is 2.14. The molecule has 12 nitrogen and oxygen atoms in total. The number of nitrogens with zero attached hydrogens (tertiary/aromatic N) is 1. The maximum Gasteiger partial charge on any atom is 0.338 e. The molecule has 1 heterocycles. The van der Waals surface area contributed by atoms with Crippen molar-refractivity contribution in [1.82, 2.24) is 16.1 Å². The van der Waals surface area contributed by atoms with Gasteiger partial charge in [0.25, 0.3) is 5.91 Å². The van der Waals surface area contributed by atoms with Gasteiger partial charge in [0.1, 0.15) is 6.61 Å². The number of nitrogens with one attached hydrogen (secondary N) is 3. The van der Waals surface area contributed by atoms with Gasteiger partial charge in [0.05, 0.1) is 41.7 Å². The van der Waals surface area contributed by atoms with E-state index in [0.29, 0.717) is 47.3 Å². The quantitative estimate of drug-likeness (QED) is 0.0887. The highest BCUT2D eigenvalue weighted by atomic mass is 127. The van der Waals surface area contributed by atoms with Gasteiger partial charge in [-0.2, -0.15) is 5.10 Å². The van der Waals surface area contributed by atoms with E-state index in [1.54, 1.807) is 44.2 Å². The van der Waals surface area contributed by atoms with Crippen molar-refractivity contribution in [1.29, 1.82) is 0 Å². The van der Waals surface area contributed by atoms with Gasteiger partial charge in [0.15, 0.2) is 29.6 Å². The van der Waals surface area contributed by atoms with Gasteiger partial charge >= 0.3 is 12.0 Å². The molecule has 0 aliphatic carbocycles. The molecule has 3 amide bonds. The van der Waals surface area contributed by atoms with Crippen molar-refractivity contribution in [2.24, 2.45) is 5.10 Å². The second kappa shape index (κ2) is 15.7. The van der Waals surface area contributed by atoms with E-state index in [-0.39, 0.29) is 24.5 Å². The highest BCUT2D eigenvalue weighted by molar-refractivity contribution is 14.1. The number of halogens is 1. The second-order valence-electron chi connectivity index (χ2n) is 8.65. The first-order valence-corrected chi connectivity index (χ1v) is 14.1. The lowest BCUT2D eigenvalue weighted by atomic mass is 9.95. The Balaban J connectivity index is 1.67. The normalized spacial score (nSPS) is 14.5. The lowest BCUT2D eigenvalue weighted by Crippen LogP contribution is -2.45. The highest BCUT2D eigenvalue weighted by Gasteiger charge is 2.32. The van der Waals surface area contributed by atoms with E-state index in [0.717, 1.165) is 3.57 Å². The Bertz CT molecular complexity index is 1390. The van der Waals surface area contributed by atoms with Gasteiger partial charge < -0.3 is 34.3 Å². The fourth-order valence-electron chi connectivity index (χ4n) is 3.97. The third-order valence-corrected chi connectivity index (χ3v) is 6.53. The number of ether oxygens (including phenoxy) is 5. The summed E-state index contributed by atoms with van der Waals surface area (Å²) in [4.78, 5) is 37.2. The predicted octanol–water partition coefficient (Wildman–Crippen LogP) is 3.98. The molecule has 0 fully saturated rings. The van der Waals surface area contributed by atoms with E-state index in [4.69, 9.17) is 23.7 Å². The van der Waals surface area contributed by atoms with Crippen molar-refractivity contribution in [3.05, 3.63) is 69.0 Å². The minimum atomic E-state index is -0.771. The summed E-state index contributed by atoms with van der Waals surface area (Å²) in [5.41, 5.74) is 4.35. The first kappa shape index (κ1) is 32.2. The second-order valence-corrected chi connectivity index (χ2v) is 9.81. The fraction of sp³-hybridized carbons (Fsp3) is 0.310. The van der Waals surface area contributed by atoms with Gasteiger partial charge in [-0.25, -0.2) is 15.0 Å². The van der Waals surface area contributed by atoms with Crippen molar-refractivity contribution in [3.63, 3.8) is 0 Å². The fourth-order valence-corrected chi connectivity index (χ4v) is 4.75. The van der Waals surface area contributed by atoms with Crippen LogP contribution in [0.15, 0.2) is 59.4 Å².